The third-order valence-corrected chi connectivity index (χ3v) is 2.66. The lowest BCUT2D eigenvalue weighted by Gasteiger charge is -2.07. The largest absolute Gasteiger partial charge is 0.477 e. The van der Waals surface area contributed by atoms with E-state index in [0.717, 1.165) is 0 Å². The molecule has 2 rings (SSSR count). The molecule has 0 unspecified atom stereocenters. The Balaban J connectivity index is 2.28. The summed E-state index contributed by atoms with van der Waals surface area (Å²) in [5.41, 5.74) is 0.130. The van der Waals surface area contributed by atoms with Gasteiger partial charge in [0.2, 0.25) is 0 Å². The minimum atomic E-state index is -1.13. The van der Waals surface area contributed by atoms with Crippen LogP contribution in [0.3, 0.4) is 0 Å². The van der Waals surface area contributed by atoms with Gasteiger partial charge in [-0.25, -0.2) is 14.2 Å². The molecule has 2 N–H and O–H groups in total. The number of pyridine rings is 1. The van der Waals surface area contributed by atoms with Crippen LogP contribution in [0.2, 0.25) is 0 Å². The number of carboxylic acid groups (broad SMARTS) is 1. The lowest BCUT2D eigenvalue weighted by atomic mass is 10.3. The van der Waals surface area contributed by atoms with E-state index in [1.807, 2.05) is 0 Å². The molecule has 1 heterocycles. The maximum atomic E-state index is 13.6. The summed E-state index contributed by atoms with van der Waals surface area (Å²) in [4.78, 5) is 14.6. The fourth-order valence-electron chi connectivity index (χ4n) is 1.35. The van der Waals surface area contributed by atoms with Gasteiger partial charge in [0.25, 0.3) is 0 Å². The van der Waals surface area contributed by atoms with Gasteiger partial charge in [-0.3, -0.25) is 0 Å². The van der Waals surface area contributed by atoms with Crippen molar-refractivity contribution in [2.75, 3.05) is 5.32 Å². The van der Waals surface area contributed by atoms with Crippen LogP contribution in [0.1, 0.15) is 10.5 Å². The summed E-state index contributed by atoms with van der Waals surface area (Å²) in [6.07, 6.45) is 0. The number of rotatable bonds is 3. The highest BCUT2D eigenvalue weighted by Gasteiger charge is 2.07. The molecule has 92 valence electrons. The highest BCUT2D eigenvalue weighted by molar-refractivity contribution is 9.10. The van der Waals surface area contributed by atoms with Gasteiger partial charge >= 0.3 is 5.97 Å². The number of hydrogen-bond acceptors (Lipinski definition) is 3. The predicted molar refractivity (Wildman–Crippen MR) is 68.6 cm³/mol. The van der Waals surface area contributed by atoms with Gasteiger partial charge in [-0.1, -0.05) is 22.0 Å². The molecule has 0 bridgehead atoms. The van der Waals surface area contributed by atoms with Crippen molar-refractivity contribution < 1.29 is 14.3 Å². The number of hydrogen-bond donors (Lipinski definition) is 2. The summed E-state index contributed by atoms with van der Waals surface area (Å²) in [7, 11) is 0. The summed E-state index contributed by atoms with van der Waals surface area (Å²) in [5, 5.41) is 11.5. The van der Waals surface area contributed by atoms with E-state index in [9.17, 15) is 9.18 Å². The summed E-state index contributed by atoms with van der Waals surface area (Å²) in [5.74, 6) is -1.31. The van der Waals surface area contributed by atoms with E-state index >= 15 is 0 Å². The van der Waals surface area contributed by atoms with E-state index in [2.05, 4.69) is 26.2 Å². The molecule has 0 saturated heterocycles. The first-order chi connectivity index (χ1) is 8.56. The molecule has 4 nitrogen and oxygen atoms in total. The number of halogens is 2. The maximum Gasteiger partial charge on any atom is 0.354 e. The van der Waals surface area contributed by atoms with Crippen LogP contribution in [0.5, 0.6) is 0 Å². The van der Waals surface area contributed by atoms with Crippen LogP contribution in [0, 0.1) is 5.82 Å². The van der Waals surface area contributed by atoms with Crippen LogP contribution in [0.4, 0.5) is 15.9 Å². The predicted octanol–water partition coefficient (Wildman–Crippen LogP) is 3.43. The average molecular weight is 311 g/mol. The van der Waals surface area contributed by atoms with E-state index in [1.54, 1.807) is 12.1 Å². The molecule has 0 fully saturated rings. The second-order valence-corrected chi connectivity index (χ2v) is 4.38. The Morgan fingerprint density at radius 1 is 1.33 bits per heavy atom. The first kappa shape index (κ1) is 12.5. The Morgan fingerprint density at radius 2 is 2.11 bits per heavy atom. The van der Waals surface area contributed by atoms with Gasteiger partial charge < -0.3 is 10.4 Å². The van der Waals surface area contributed by atoms with E-state index in [0.29, 0.717) is 4.47 Å². The maximum absolute atomic E-state index is 13.6. The monoisotopic (exact) mass is 310 g/mol. The number of aromatic carboxylic acids is 1. The molecule has 1 aromatic heterocycles. The molecular formula is C12H8BrFN2O2. The van der Waals surface area contributed by atoms with E-state index in [4.69, 9.17) is 5.11 Å². The van der Waals surface area contributed by atoms with Crippen LogP contribution >= 0.6 is 15.9 Å². The standard InChI is InChI=1S/C12H8BrFN2O2/c13-7-4-5-9(8(14)6-7)15-11-3-1-2-10(16-11)12(17)18/h1-6H,(H,15,16)(H,17,18). The minimum absolute atomic E-state index is 0.0995. The van der Waals surface area contributed by atoms with Gasteiger partial charge in [-0.05, 0) is 30.3 Å². The van der Waals surface area contributed by atoms with Gasteiger partial charge in [0.1, 0.15) is 11.6 Å². The third-order valence-electron chi connectivity index (χ3n) is 2.16. The molecular weight excluding hydrogens is 303 g/mol. The second kappa shape index (κ2) is 5.14. The topological polar surface area (TPSA) is 62.2 Å². The molecule has 0 aliphatic heterocycles. The number of nitrogens with zero attached hydrogens (tertiary/aromatic N) is 1. The van der Waals surface area contributed by atoms with Crippen LogP contribution < -0.4 is 5.32 Å². The molecule has 0 saturated carbocycles. The molecule has 1 aromatic carbocycles. The molecule has 2 aromatic rings. The molecule has 0 spiro atoms. The molecule has 0 radical (unpaired) electrons. The quantitative estimate of drug-likeness (QED) is 0.911. The summed E-state index contributed by atoms with van der Waals surface area (Å²) >= 11 is 3.15. The van der Waals surface area contributed by atoms with Crippen molar-refractivity contribution in [3.8, 4) is 0 Å². The summed E-state index contributed by atoms with van der Waals surface area (Å²) in [6, 6.07) is 8.99. The SMILES string of the molecule is O=C(O)c1cccc(Nc2ccc(Br)cc2F)n1. The number of benzene rings is 1. The summed E-state index contributed by atoms with van der Waals surface area (Å²) in [6.45, 7) is 0. The Kier molecular flexibility index (Phi) is 3.57. The lowest BCUT2D eigenvalue weighted by molar-refractivity contribution is 0.0690. The molecule has 0 aliphatic carbocycles. The Labute approximate surface area is 111 Å². The fourth-order valence-corrected chi connectivity index (χ4v) is 1.69. The summed E-state index contributed by atoms with van der Waals surface area (Å²) < 4.78 is 14.2. The second-order valence-electron chi connectivity index (χ2n) is 3.46. The van der Waals surface area contributed by atoms with Gasteiger partial charge in [0.15, 0.2) is 5.69 Å². The van der Waals surface area contributed by atoms with Crippen molar-refractivity contribution in [2.45, 2.75) is 0 Å². The first-order valence-electron chi connectivity index (χ1n) is 4.98. The molecule has 6 heteroatoms. The van der Waals surface area contributed by atoms with Crippen molar-refractivity contribution >= 4 is 33.4 Å². The zero-order valence-corrected chi connectivity index (χ0v) is 10.6. The molecule has 0 atom stereocenters. The Hall–Kier alpha value is -1.95. The van der Waals surface area contributed by atoms with Gasteiger partial charge in [0, 0.05) is 4.47 Å². The van der Waals surface area contributed by atoms with Gasteiger partial charge in [0.05, 0.1) is 5.69 Å². The minimum Gasteiger partial charge on any atom is -0.477 e. The third kappa shape index (κ3) is 2.84. The van der Waals surface area contributed by atoms with Crippen molar-refractivity contribution in [1.29, 1.82) is 0 Å². The number of anilines is 2. The van der Waals surface area contributed by atoms with Crippen LogP contribution in [-0.4, -0.2) is 16.1 Å². The smallest absolute Gasteiger partial charge is 0.354 e. The van der Waals surface area contributed by atoms with Gasteiger partial charge in [-0.2, -0.15) is 0 Å². The fraction of sp³-hybridized carbons (Fsp3) is 0. The lowest BCUT2D eigenvalue weighted by Crippen LogP contribution is -2.03. The normalized spacial score (nSPS) is 10.1. The van der Waals surface area contributed by atoms with Crippen molar-refractivity contribution in [1.82, 2.24) is 4.98 Å². The van der Waals surface area contributed by atoms with Gasteiger partial charge in [-0.15, -0.1) is 0 Å². The number of nitrogens with one attached hydrogen (secondary N) is 1. The Morgan fingerprint density at radius 3 is 2.78 bits per heavy atom. The van der Waals surface area contributed by atoms with E-state index in [-0.39, 0.29) is 17.2 Å². The average Bonchev–Trinajstić information content (AvgIpc) is 2.33. The molecule has 18 heavy (non-hydrogen) atoms. The van der Waals surface area contributed by atoms with Crippen LogP contribution in [0.15, 0.2) is 40.9 Å². The molecule has 0 aliphatic rings. The highest BCUT2D eigenvalue weighted by Crippen LogP contribution is 2.22. The van der Waals surface area contributed by atoms with E-state index < -0.39 is 11.8 Å². The zero-order valence-electron chi connectivity index (χ0n) is 9.02. The first-order valence-corrected chi connectivity index (χ1v) is 5.78. The Bertz CT molecular complexity index is 604. The van der Waals surface area contributed by atoms with Crippen molar-refractivity contribution in [3.63, 3.8) is 0 Å². The number of carboxylic acids is 1. The highest BCUT2D eigenvalue weighted by atomic mass is 79.9. The van der Waals surface area contributed by atoms with Crippen LogP contribution in [0.25, 0.3) is 0 Å². The van der Waals surface area contributed by atoms with Crippen LogP contribution in [-0.2, 0) is 0 Å². The number of aromatic nitrogens is 1. The van der Waals surface area contributed by atoms with Crippen molar-refractivity contribution in [2.24, 2.45) is 0 Å². The van der Waals surface area contributed by atoms with E-state index in [1.165, 1.54) is 24.3 Å². The van der Waals surface area contributed by atoms with Crippen molar-refractivity contribution in [3.05, 3.63) is 52.4 Å². The number of carbonyl (C=O) groups is 1. The molecule has 0 amide bonds. The zero-order chi connectivity index (χ0) is 13.1.